The first-order chi connectivity index (χ1) is 14.1. The van der Waals surface area contributed by atoms with Gasteiger partial charge in [-0.1, -0.05) is 36.4 Å². The summed E-state index contributed by atoms with van der Waals surface area (Å²) in [4.78, 5) is 28.7. The van der Waals surface area contributed by atoms with Crippen LogP contribution in [0.5, 0.6) is 0 Å². The third-order valence-electron chi connectivity index (χ3n) is 4.82. The lowest BCUT2D eigenvalue weighted by Crippen LogP contribution is -2.09. The predicted octanol–water partition coefficient (Wildman–Crippen LogP) is 5.51. The fourth-order valence-electron chi connectivity index (χ4n) is 3.37. The van der Waals surface area contributed by atoms with Crippen LogP contribution in [0.3, 0.4) is 0 Å². The number of benzene rings is 3. The molecule has 1 N–H and O–H groups in total. The van der Waals surface area contributed by atoms with Crippen LogP contribution in [0.1, 0.15) is 34.6 Å². The molecule has 0 atom stereocenters. The number of carbonyl (C=O) groups is 2. The number of aromatic nitrogens is 1. The molecule has 0 unspecified atom stereocenters. The van der Waals surface area contributed by atoms with Crippen LogP contribution in [0.25, 0.3) is 21.7 Å². The standard InChI is InChI=1S/C24H20N2O3/c1-3-29-24(28)21-14-25-22-19-7-5-4-6-17(19)10-13-20(22)23(21)26-18-11-8-16(9-12-18)15(2)27/h4-14H,3H2,1-2H3,(H,25,26). The molecule has 0 aliphatic carbocycles. The average molecular weight is 384 g/mol. The molecule has 0 saturated heterocycles. The van der Waals surface area contributed by atoms with Gasteiger partial charge in [0.1, 0.15) is 5.56 Å². The van der Waals surface area contributed by atoms with E-state index in [1.54, 1.807) is 25.3 Å². The number of hydrogen-bond acceptors (Lipinski definition) is 5. The van der Waals surface area contributed by atoms with E-state index >= 15 is 0 Å². The molecule has 0 saturated carbocycles. The zero-order chi connectivity index (χ0) is 20.4. The van der Waals surface area contributed by atoms with E-state index in [1.165, 1.54) is 6.92 Å². The number of anilines is 2. The molecule has 4 rings (SSSR count). The molecule has 0 amide bonds. The molecule has 0 aliphatic rings. The number of carbonyl (C=O) groups excluding carboxylic acids is 2. The van der Waals surface area contributed by atoms with Crippen molar-refractivity contribution >= 4 is 44.8 Å². The van der Waals surface area contributed by atoms with E-state index < -0.39 is 5.97 Å². The van der Waals surface area contributed by atoms with Crippen LogP contribution in [0.15, 0.2) is 66.9 Å². The van der Waals surface area contributed by atoms with E-state index in [1.807, 2.05) is 48.5 Å². The monoisotopic (exact) mass is 384 g/mol. The quantitative estimate of drug-likeness (QED) is 0.279. The number of Topliss-reactive ketones (excluding diaryl/α,β-unsaturated/α-hetero) is 1. The van der Waals surface area contributed by atoms with Crippen molar-refractivity contribution in [2.75, 3.05) is 11.9 Å². The van der Waals surface area contributed by atoms with Gasteiger partial charge in [0.05, 0.1) is 17.8 Å². The third kappa shape index (κ3) is 3.55. The first kappa shape index (κ1) is 18.6. The molecule has 0 spiro atoms. The molecule has 5 nitrogen and oxygen atoms in total. The minimum atomic E-state index is -0.432. The number of ether oxygens (including phenoxy) is 1. The maximum absolute atomic E-state index is 12.6. The molecule has 0 aliphatic heterocycles. The first-order valence-corrected chi connectivity index (χ1v) is 9.44. The van der Waals surface area contributed by atoms with Gasteiger partial charge < -0.3 is 10.1 Å². The summed E-state index contributed by atoms with van der Waals surface area (Å²) in [6, 6.07) is 19.1. The highest BCUT2D eigenvalue weighted by molar-refractivity contribution is 6.13. The summed E-state index contributed by atoms with van der Waals surface area (Å²) in [6.07, 6.45) is 1.55. The van der Waals surface area contributed by atoms with E-state index in [0.29, 0.717) is 16.8 Å². The first-order valence-electron chi connectivity index (χ1n) is 9.44. The summed E-state index contributed by atoms with van der Waals surface area (Å²) < 4.78 is 5.23. The van der Waals surface area contributed by atoms with E-state index in [4.69, 9.17) is 4.74 Å². The fourth-order valence-corrected chi connectivity index (χ4v) is 3.37. The van der Waals surface area contributed by atoms with Crippen LogP contribution < -0.4 is 5.32 Å². The number of rotatable bonds is 5. The van der Waals surface area contributed by atoms with Crippen LogP contribution in [0.4, 0.5) is 11.4 Å². The van der Waals surface area contributed by atoms with Crippen LogP contribution in [0, 0.1) is 0 Å². The van der Waals surface area contributed by atoms with Crippen LogP contribution in [0.2, 0.25) is 0 Å². The molecular weight excluding hydrogens is 364 g/mol. The zero-order valence-electron chi connectivity index (χ0n) is 16.2. The SMILES string of the molecule is CCOC(=O)c1cnc2c(ccc3ccccc32)c1Nc1ccc(C(C)=O)cc1. The van der Waals surface area contributed by atoms with Gasteiger partial charge in [-0.15, -0.1) is 0 Å². The highest BCUT2D eigenvalue weighted by atomic mass is 16.5. The lowest BCUT2D eigenvalue weighted by atomic mass is 10.0. The highest BCUT2D eigenvalue weighted by Gasteiger charge is 2.18. The molecule has 1 aromatic heterocycles. The van der Waals surface area contributed by atoms with Crippen molar-refractivity contribution in [2.24, 2.45) is 0 Å². The predicted molar refractivity (Wildman–Crippen MR) is 115 cm³/mol. The van der Waals surface area contributed by atoms with Crippen LogP contribution in [-0.2, 0) is 4.74 Å². The summed E-state index contributed by atoms with van der Waals surface area (Å²) >= 11 is 0. The van der Waals surface area contributed by atoms with Crippen molar-refractivity contribution in [2.45, 2.75) is 13.8 Å². The number of pyridine rings is 1. The number of nitrogens with zero attached hydrogens (tertiary/aromatic N) is 1. The molecule has 0 fully saturated rings. The molecule has 29 heavy (non-hydrogen) atoms. The molecule has 0 bridgehead atoms. The number of esters is 1. The second-order valence-corrected chi connectivity index (χ2v) is 6.71. The third-order valence-corrected chi connectivity index (χ3v) is 4.82. The van der Waals surface area contributed by atoms with Crippen LogP contribution >= 0.6 is 0 Å². The topological polar surface area (TPSA) is 68.3 Å². The maximum atomic E-state index is 12.6. The molecule has 1 heterocycles. The van der Waals surface area contributed by atoms with E-state index in [-0.39, 0.29) is 12.4 Å². The molecular formula is C24H20N2O3. The summed E-state index contributed by atoms with van der Waals surface area (Å²) in [5.41, 5.74) is 3.20. The average Bonchev–Trinajstić information content (AvgIpc) is 2.74. The molecule has 5 heteroatoms. The zero-order valence-corrected chi connectivity index (χ0v) is 16.2. The Bertz CT molecular complexity index is 1230. The van der Waals surface area contributed by atoms with Gasteiger partial charge >= 0.3 is 5.97 Å². The minimum Gasteiger partial charge on any atom is -0.462 e. The smallest absolute Gasteiger partial charge is 0.341 e. The highest BCUT2D eigenvalue weighted by Crippen LogP contribution is 2.33. The van der Waals surface area contributed by atoms with Gasteiger partial charge in [0.2, 0.25) is 0 Å². The summed E-state index contributed by atoms with van der Waals surface area (Å²) in [6.45, 7) is 3.58. The van der Waals surface area contributed by atoms with Crippen molar-refractivity contribution < 1.29 is 14.3 Å². The Kier molecular flexibility index (Phi) is 4.96. The Morgan fingerprint density at radius 1 is 0.966 bits per heavy atom. The second-order valence-electron chi connectivity index (χ2n) is 6.71. The molecule has 3 aromatic carbocycles. The van der Waals surface area contributed by atoms with E-state index in [9.17, 15) is 9.59 Å². The molecule has 0 radical (unpaired) electrons. The Hall–Kier alpha value is -3.73. The Morgan fingerprint density at radius 3 is 2.45 bits per heavy atom. The van der Waals surface area contributed by atoms with E-state index in [2.05, 4.69) is 10.3 Å². The normalized spacial score (nSPS) is 10.8. The van der Waals surface area contributed by atoms with Crippen molar-refractivity contribution in [1.29, 1.82) is 0 Å². The fraction of sp³-hybridized carbons (Fsp3) is 0.125. The van der Waals surface area contributed by atoms with Crippen LogP contribution in [-0.4, -0.2) is 23.3 Å². The number of ketones is 1. The van der Waals surface area contributed by atoms with Gasteiger partial charge in [-0.25, -0.2) is 4.79 Å². The summed E-state index contributed by atoms with van der Waals surface area (Å²) in [7, 11) is 0. The lowest BCUT2D eigenvalue weighted by Gasteiger charge is -2.15. The molecule has 4 aromatic rings. The van der Waals surface area contributed by atoms with Crippen molar-refractivity contribution in [3.05, 3.63) is 78.0 Å². The van der Waals surface area contributed by atoms with Gasteiger partial charge in [0.15, 0.2) is 5.78 Å². The largest absolute Gasteiger partial charge is 0.462 e. The van der Waals surface area contributed by atoms with Crippen molar-refractivity contribution in [3.63, 3.8) is 0 Å². The van der Waals surface area contributed by atoms with Gasteiger partial charge in [-0.05, 0) is 43.5 Å². The molecule has 144 valence electrons. The number of nitrogens with one attached hydrogen (secondary N) is 1. The Balaban J connectivity index is 1.89. The number of fused-ring (bicyclic) bond motifs is 3. The Labute approximate surface area is 168 Å². The van der Waals surface area contributed by atoms with Crippen molar-refractivity contribution in [1.82, 2.24) is 4.98 Å². The summed E-state index contributed by atoms with van der Waals surface area (Å²) in [5, 5.41) is 6.24. The van der Waals surface area contributed by atoms with Gasteiger partial charge in [-0.2, -0.15) is 0 Å². The van der Waals surface area contributed by atoms with E-state index in [0.717, 1.165) is 27.4 Å². The number of hydrogen-bond donors (Lipinski definition) is 1. The Morgan fingerprint density at radius 2 is 1.72 bits per heavy atom. The van der Waals surface area contributed by atoms with Crippen molar-refractivity contribution in [3.8, 4) is 0 Å². The maximum Gasteiger partial charge on any atom is 0.341 e. The second kappa shape index (κ2) is 7.72. The lowest BCUT2D eigenvalue weighted by molar-refractivity contribution is 0.0527. The summed E-state index contributed by atoms with van der Waals surface area (Å²) in [5.74, 6) is -0.428. The van der Waals surface area contributed by atoms with Gasteiger partial charge in [-0.3, -0.25) is 9.78 Å². The van der Waals surface area contributed by atoms with Gasteiger partial charge in [0.25, 0.3) is 0 Å². The van der Waals surface area contributed by atoms with Gasteiger partial charge in [0, 0.05) is 28.2 Å². The minimum absolute atomic E-state index is 0.00425.